The Morgan fingerprint density at radius 3 is 2.60 bits per heavy atom. The maximum Gasteiger partial charge on any atom is 0.132 e. The highest BCUT2D eigenvalue weighted by Crippen LogP contribution is 2.28. The third-order valence-electron chi connectivity index (χ3n) is 1.95. The van der Waals surface area contributed by atoms with Crippen LogP contribution in [0.1, 0.15) is 9.88 Å². The summed E-state index contributed by atoms with van der Waals surface area (Å²) in [5.74, 6) is 0. The van der Waals surface area contributed by atoms with Crippen molar-refractivity contribution in [2.24, 2.45) is 0 Å². The molecule has 1 aromatic carbocycles. The lowest BCUT2D eigenvalue weighted by Gasteiger charge is -1.97. The van der Waals surface area contributed by atoms with Gasteiger partial charge in [0.15, 0.2) is 0 Å². The van der Waals surface area contributed by atoms with Crippen LogP contribution < -0.4 is 0 Å². The minimum Gasteiger partial charge on any atom is -0.240 e. The van der Waals surface area contributed by atoms with E-state index in [1.807, 2.05) is 31.2 Å². The molecule has 0 aliphatic rings. The fourth-order valence-electron chi connectivity index (χ4n) is 1.31. The molecule has 0 saturated heterocycles. The van der Waals surface area contributed by atoms with Crippen LogP contribution in [0, 0.1) is 18.3 Å². The molecule has 0 atom stereocenters. The molecule has 2 aromatic rings. The Morgan fingerprint density at radius 1 is 1.33 bits per heavy atom. The number of hydrogen-bond acceptors (Lipinski definition) is 3. The summed E-state index contributed by atoms with van der Waals surface area (Å²) < 4.78 is 1.02. The van der Waals surface area contributed by atoms with E-state index < -0.39 is 0 Å². The summed E-state index contributed by atoms with van der Waals surface area (Å²) in [6.07, 6.45) is 0. The van der Waals surface area contributed by atoms with Crippen LogP contribution in [0.25, 0.3) is 11.3 Å². The first kappa shape index (κ1) is 10.3. The first-order valence-electron chi connectivity index (χ1n) is 4.34. The van der Waals surface area contributed by atoms with Gasteiger partial charge in [-0.15, -0.1) is 11.3 Å². The van der Waals surface area contributed by atoms with Gasteiger partial charge in [-0.1, -0.05) is 28.1 Å². The number of aromatic nitrogens is 1. The predicted octanol–water partition coefficient (Wildman–Crippen LogP) is 3.75. The van der Waals surface area contributed by atoms with Gasteiger partial charge in [-0.05, 0) is 19.1 Å². The smallest absolute Gasteiger partial charge is 0.132 e. The predicted molar refractivity (Wildman–Crippen MR) is 64.7 cm³/mol. The Bertz CT molecular complexity index is 523. The Labute approximate surface area is 100 Å². The maximum atomic E-state index is 8.96. The number of nitriles is 1. The van der Waals surface area contributed by atoms with Gasteiger partial charge in [0.25, 0.3) is 0 Å². The molecular formula is C11H7BrN2S. The van der Waals surface area contributed by atoms with E-state index in [1.54, 1.807) is 0 Å². The number of halogens is 1. The quantitative estimate of drug-likeness (QED) is 0.797. The molecule has 15 heavy (non-hydrogen) atoms. The van der Waals surface area contributed by atoms with Crippen molar-refractivity contribution in [2.45, 2.75) is 6.92 Å². The fraction of sp³-hybridized carbons (Fsp3) is 0.0909. The summed E-state index contributed by atoms with van der Waals surface area (Å²) in [4.78, 5) is 5.04. The molecule has 0 spiro atoms. The minimum atomic E-state index is 0.676. The summed E-state index contributed by atoms with van der Waals surface area (Å²) in [5, 5.41) is 9.88. The molecule has 0 radical (unpaired) electrons. The summed E-state index contributed by atoms with van der Waals surface area (Å²) in [6.45, 7) is 1.91. The zero-order chi connectivity index (χ0) is 10.8. The van der Waals surface area contributed by atoms with Crippen molar-refractivity contribution in [2.75, 3.05) is 0 Å². The zero-order valence-corrected chi connectivity index (χ0v) is 10.4. The molecule has 0 saturated carbocycles. The van der Waals surface area contributed by atoms with Crippen molar-refractivity contribution in [1.29, 1.82) is 5.26 Å². The molecule has 0 aliphatic heterocycles. The summed E-state index contributed by atoms with van der Waals surface area (Å²) >= 11 is 4.81. The van der Waals surface area contributed by atoms with Crippen molar-refractivity contribution in [1.82, 2.24) is 4.98 Å². The van der Waals surface area contributed by atoms with Crippen LogP contribution in [0.2, 0.25) is 0 Å². The third-order valence-corrected chi connectivity index (χ3v) is 3.36. The van der Waals surface area contributed by atoms with Gasteiger partial charge in [0.1, 0.15) is 10.9 Å². The topological polar surface area (TPSA) is 36.7 Å². The normalized spacial score (nSPS) is 9.93. The number of benzene rings is 1. The number of rotatable bonds is 1. The van der Waals surface area contributed by atoms with Crippen LogP contribution >= 0.6 is 27.3 Å². The van der Waals surface area contributed by atoms with E-state index in [0.29, 0.717) is 4.88 Å². The number of thiazole rings is 1. The van der Waals surface area contributed by atoms with Crippen molar-refractivity contribution in [3.05, 3.63) is 38.6 Å². The average Bonchev–Trinajstić information content (AvgIpc) is 2.61. The molecule has 0 amide bonds. The van der Waals surface area contributed by atoms with E-state index in [0.717, 1.165) is 20.7 Å². The van der Waals surface area contributed by atoms with Crippen molar-refractivity contribution >= 4 is 27.3 Å². The molecule has 2 nitrogen and oxygen atoms in total. The monoisotopic (exact) mass is 278 g/mol. The van der Waals surface area contributed by atoms with Crippen LogP contribution in [0.4, 0.5) is 0 Å². The van der Waals surface area contributed by atoms with Crippen LogP contribution in [-0.2, 0) is 0 Å². The van der Waals surface area contributed by atoms with Crippen LogP contribution in [-0.4, -0.2) is 4.98 Å². The second-order valence-corrected chi connectivity index (χ2v) is 5.15. The second-order valence-electron chi connectivity index (χ2n) is 3.03. The van der Waals surface area contributed by atoms with E-state index in [1.165, 1.54) is 11.3 Å². The van der Waals surface area contributed by atoms with Gasteiger partial charge in [-0.25, -0.2) is 4.98 Å². The highest BCUT2D eigenvalue weighted by Gasteiger charge is 2.10. The van der Waals surface area contributed by atoms with E-state index in [9.17, 15) is 0 Å². The second kappa shape index (κ2) is 4.13. The molecule has 1 aromatic heterocycles. The lowest BCUT2D eigenvalue weighted by atomic mass is 10.1. The molecule has 0 aliphatic carbocycles. The first-order chi connectivity index (χ1) is 7.20. The molecule has 0 unspecified atom stereocenters. The highest BCUT2D eigenvalue weighted by atomic mass is 79.9. The zero-order valence-electron chi connectivity index (χ0n) is 7.99. The third kappa shape index (κ3) is 2.09. The van der Waals surface area contributed by atoms with Crippen LogP contribution in [0.5, 0.6) is 0 Å². The Morgan fingerprint density at radius 2 is 2.00 bits per heavy atom. The van der Waals surface area contributed by atoms with Gasteiger partial charge in [0.2, 0.25) is 0 Å². The first-order valence-corrected chi connectivity index (χ1v) is 5.95. The standard InChI is InChI=1S/C11H7BrN2S/c1-7-14-11(10(6-13)15-7)8-2-4-9(12)5-3-8/h2-5H,1H3. The lowest BCUT2D eigenvalue weighted by Crippen LogP contribution is -1.80. The molecular weight excluding hydrogens is 272 g/mol. The molecule has 0 fully saturated rings. The molecule has 0 N–H and O–H groups in total. The molecule has 2 rings (SSSR count). The average molecular weight is 279 g/mol. The Kier molecular flexibility index (Phi) is 2.85. The minimum absolute atomic E-state index is 0.676. The molecule has 4 heteroatoms. The van der Waals surface area contributed by atoms with Crippen molar-refractivity contribution < 1.29 is 0 Å². The summed E-state index contributed by atoms with van der Waals surface area (Å²) in [5.41, 5.74) is 1.77. The fourth-order valence-corrected chi connectivity index (χ4v) is 2.31. The molecule has 0 bridgehead atoms. The maximum absolute atomic E-state index is 8.96. The van der Waals surface area contributed by atoms with E-state index in [2.05, 4.69) is 27.0 Å². The molecule has 1 heterocycles. The Hall–Kier alpha value is -1.18. The van der Waals surface area contributed by atoms with Crippen molar-refractivity contribution in [3.63, 3.8) is 0 Å². The van der Waals surface area contributed by atoms with E-state index in [4.69, 9.17) is 5.26 Å². The lowest BCUT2D eigenvalue weighted by molar-refractivity contribution is 1.29. The van der Waals surface area contributed by atoms with E-state index >= 15 is 0 Å². The SMILES string of the molecule is Cc1nc(-c2ccc(Br)cc2)c(C#N)s1. The van der Waals surface area contributed by atoms with Gasteiger partial charge in [-0.2, -0.15) is 5.26 Å². The van der Waals surface area contributed by atoms with Gasteiger partial charge in [-0.3, -0.25) is 0 Å². The van der Waals surface area contributed by atoms with Crippen molar-refractivity contribution in [3.8, 4) is 17.3 Å². The van der Waals surface area contributed by atoms with Crippen LogP contribution in [0.15, 0.2) is 28.7 Å². The molecule has 74 valence electrons. The summed E-state index contributed by atoms with van der Waals surface area (Å²) in [7, 11) is 0. The van der Waals surface area contributed by atoms with Gasteiger partial charge >= 0.3 is 0 Å². The number of nitrogens with zero attached hydrogens (tertiary/aromatic N) is 2. The number of aryl methyl sites for hydroxylation is 1. The highest BCUT2D eigenvalue weighted by molar-refractivity contribution is 9.10. The Balaban J connectivity index is 2.54. The summed E-state index contributed by atoms with van der Waals surface area (Å²) in [6, 6.07) is 9.99. The van der Waals surface area contributed by atoms with Crippen LogP contribution in [0.3, 0.4) is 0 Å². The van der Waals surface area contributed by atoms with Gasteiger partial charge in [0.05, 0.1) is 10.7 Å². The van der Waals surface area contributed by atoms with Gasteiger partial charge < -0.3 is 0 Å². The largest absolute Gasteiger partial charge is 0.240 e. The van der Waals surface area contributed by atoms with Gasteiger partial charge in [0, 0.05) is 10.0 Å². The number of hydrogen-bond donors (Lipinski definition) is 0. The van der Waals surface area contributed by atoms with E-state index in [-0.39, 0.29) is 0 Å².